The molecule has 3 aromatic rings. The van der Waals surface area contributed by atoms with E-state index in [1.54, 1.807) is 6.20 Å². The Balaban J connectivity index is 1.27. The molecule has 0 bridgehead atoms. The highest BCUT2D eigenvalue weighted by Crippen LogP contribution is 2.28. The van der Waals surface area contributed by atoms with E-state index in [4.69, 9.17) is 10.00 Å². The van der Waals surface area contributed by atoms with Gasteiger partial charge in [0.15, 0.2) is 0 Å². The van der Waals surface area contributed by atoms with Crippen molar-refractivity contribution >= 4 is 23.4 Å². The zero-order valence-electron chi connectivity index (χ0n) is 22.5. The summed E-state index contributed by atoms with van der Waals surface area (Å²) in [4.78, 5) is 24.4. The van der Waals surface area contributed by atoms with Gasteiger partial charge in [-0.15, -0.1) is 11.8 Å². The van der Waals surface area contributed by atoms with Gasteiger partial charge in [-0.1, -0.05) is 24.3 Å². The molecule has 0 radical (unpaired) electrons. The summed E-state index contributed by atoms with van der Waals surface area (Å²) >= 11 is 1.51. The summed E-state index contributed by atoms with van der Waals surface area (Å²) in [5.74, 6) is 0.0547. The van der Waals surface area contributed by atoms with E-state index in [1.807, 2.05) is 47.6 Å². The molecule has 1 amide bonds. The molecule has 202 valence electrons. The van der Waals surface area contributed by atoms with Crippen molar-refractivity contribution in [2.75, 3.05) is 57.0 Å². The zero-order chi connectivity index (χ0) is 27.0. The number of benzene rings is 2. The summed E-state index contributed by atoms with van der Waals surface area (Å²) in [5, 5.41) is 9.89. The molecule has 2 saturated heterocycles. The minimum atomic E-state index is -0.105. The number of carbonyl (C=O) groups excluding carboxylic acids is 1. The molecule has 5 rings (SSSR count). The van der Waals surface area contributed by atoms with Gasteiger partial charge in [-0.2, -0.15) is 5.26 Å². The summed E-state index contributed by atoms with van der Waals surface area (Å²) in [7, 11) is 0. The predicted molar refractivity (Wildman–Crippen MR) is 155 cm³/mol. The average Bonchev–Trinajstić information content (AvgIpc) is 3.55. The smallest absolute Gasteiger partial charge is 0.256 e. The summed E-state index contributed by atoms with van der Waals surface area (Å²) in [6.45, 7) is 6.38. The lowest BCUT2D eigenvalue weighted by molar-refractivity contribution is 0.00339. The summed E-state index contributed by atoms with van der Waals surface area (Å²) in [6.07, 6.45) is 6.06. The highest BCUT2D eigenvalue weighted by atomic mass is 32.2. The first-order chi connectivity index (χ1) is 19.1. The number of carbonyl (C=O) groups is 1. The maximum atomic E-state index is 13.2. The number of hydrogen-bond acceptors (Lipinski definition) is 7. The number of rotatable bonds is 9. The number of anilines is 1. The third kappa shape index (κ3) is 6.80. The van der Waals surface area contributed by atoms with E-state index < -0.39 is 0 Å². The van der Waals surface area contributed by atoms with E-state index in [0.29, 0.717) is 30.8 Å². The number of nitriles is 1. The van der Waals surface area contributed by atoms with Crippen molar-refractivity contribution in [1.29, 1.82) is 5.26 Å². The molecule has 2 aliphatic heterocycles. The fourth-order valence-corrected chi connectivity index (χ4v) is 5.82. The zero-order valence-corrected chi connectivity index (χ0v) is 23.3. The second kappa shape index (κ2) is 13.1. The summed E-state index contributed by atoms with van der Waals surface area (Å²) in [6, 6.07) is 22.2. The second-order valence-corrected chi connectivity index (χ2v) is 10.8. The van der Waals surface area contributed by atoms with Crippen molar-refractivity contribution in [2.45, 2.75) is 30.6 Å². The molecule has 0 spiro atoms. The van der Waals surface area contributed by atoms with E-state index in [-0.39, 0.29) is 12.0 Å². The van der Waals surface area contributed by atoms with Crippen LogP contribution in [0.1, 0.15) is 46.0 Å². The van der Waals surface area contributed by atoms with E-state index in [1.165, 1.54) is 35.9 Å². The topological polar surface area (TPSA) is 72.7 Å². The van der Waals surface area contributed by atoms with Crippen LogP contribution in [0.2, 0.25) is 0 Å². The molecule has 3 heterocycles. The highest BCUT2D eigenvalue weighted by molar-refractivity contribution is 7.98. The Labute approximate surface area is 235 Å². The molecule has 1 unspecified atom stereocenters. The first-order valence-electron chi connectivity index (χ1n) is 13.6. The van der Waals surface area contributed by atoms with Crippen LogP contribution in [0.3, 0.4) is 0 Å². The van der Waals surface area contributed by atoms with Crippen LogP contribution in [-0.2, 0) is 11.3 Å². The third-order valence-electron chi connectivity index (χ3n) is 7.53. The monoisotopic (exact) mass is 541 g/mol. The van der Waals surface area contributed by atoms with Gasteiger partial charge >= 0.3 is 0 Å². The molecule has 1 aromatic heterocycles. The van der Waals surface area contributed by atoms with Crippen molar-refractivity contribution in [3.63, 3.8) is 0 Å². The third-order valence-corrected chi connectivity index (χ3v) is 8.24. The molecular weight excluding hydrogens is 506 g/mol. The average molecular weight is 542 g/mol. The highest BCUT2D eigenvalue weighted by Gasteiger charge is 2.26. The maximum Gasteiger partial charge on any atom is 0.256 e. The number of aromatic nitrogens is 1. The van der Waals surface area contributed by atoms with Crippen molar-refractivity contribution in [2.24, 2.45) is 0 Å². The number of hydrogen-bond donors (Lipinski definition) is 0. The van der Waals surface area contributed by atoms with Crippen molar-refractivity contribution in [1.82, 2.24) is 14.8 Å². The molecule has 2 aromatic carbocycles. The fraction of sp³-hybridized carbons (Fsp3) is 0.387. The lowest BCUT2D eigenvalue weighted by Gasteiger charge is -2.36. The molecule has 7 nitrogen and oxygen atoms in total. The fourth-order valence-electron chi connectivity index (χ4n) is 5.28. The Morgan fingerprint density at radius 1 is 1.03 bits per heavy atom. The molecule has 0 saturated carbocycles. The van der Waals surface area contributed by atoms with Gasteiger partial charge in [0.2, 0.25) is 0 Å². The maximum absolute atomic E-state index is 13.2. The van der Waals surface area contributed by atoms with E-state index in [0.717, 1.165) is 43.3 Å². The largest absolute Gasteiger partial charge is 0.372 e. The second-order valence-electron chi connectivity index (χ2n) is 10.1. The van der Waals surface area contributed by atoms with Crippen molar-refractivity contribution in [3.05, 3.63) is 89.1 Å². The molecule has 1 atom stereocenters. The Morgan fingerprint density at radius 2 is 1.79 bits per heavy atom. The number of piperazine rings is 1. The van der Waals surface area contributed by atoms with Crippen LogP contribution in [0.5, 0.6) is 0 Å². The Bertz CT molecular complexity index is 1290. The summed E-state index contributed by atoms with van der Waals surface area (Å²) < 4.78 is 6.55. The lowest BCUT2D eigenvalue weighted by atomic mass is 10.1. The van der Waals surface area contributed by atoms with Crippen LogP contribution in [-0.4, -0.2) is 72.8 Å². The van der Waals surface area contributed by atoms with Crippen LogP contribution < -0.4 is 4.90 Å². The SMILES string of the molecule is CSc1ncccc1C(=O)N1CCN(CC(OCc2ccc(C#N)cc2)c2cccc(N3CCCC3)c2)CC1. The van der Waals surface area contributed by atoms with Crippen molar-refractivity contribution in [3.8, 4) is 6.07 Å². The van der Waals surface area contributed by atoms with Crippen molar-refractivity contribution < 1.29 is 9.53 Å². The van der Waals surface area contributed by atoms with Gasteiger partial charge in [-0.3, -0.25) is 9.69 Å². The summed E-state index contributed by atoms with van der Waals surface area (Å²) in [5.41, 5.74) is 4.81. The molecule has 39 heavy (non-hydrogen) atoms. The van der Waals surface area contributed by atoms with Crippen LogP contribution in [0.4, 0.5) is 5.69 Å². The van der Waals surface area contributed by atoms with Gasteiger partial charge in [-0.25, -0.2) is 4.98 Å². The standard InChI is InChI=1S/C31H35N5O2S/c1-39-30-28(8-5-13-33-30)31(37)36-18-16-34(17-19-36)22-29(38-23-25-11-9-24(21-32)10-12-25)26-6-4-7-27(20-26)35-14-2-3-15-35/h4-13,20,29H,2-3,14-19,22-23H2,1H3. The number of pyridine rings is 1. The van der Waals surface area contributed by atoms with Crippen LogP contribution >= 0.6 is 11.8 Å². The van der Waals surface area contributed by atoms with Gasteiger partial charge in [0.05, 0.1) is 29.9 Å². The number of amides is 1. The van der Waals surface area contributed by atoms with Gasteiger partial charge in [-0.05, 0) is 66.6 Å². The first kappa shape index (κ1) is 27.2. The Morgan fingerprint density at radius 3 is 2.51 bits per heavy atom. The van der Waals surface area contributed by atoms with Gasteiger partial charge in [0.25, 0.3) is 5.91 Å². The van der Waals surface area contributed by atoms with Crippen LogP contribution in [0, 0.1) is 11.3 Å². The Kier molecular flexibility index (Phi) is 9.15. The first-order valence-corrected chi connectivity index (χ1v) is 14.8. The number of ether oxygens (including phenoxy) is 1. The van der Waals surface area contributed by atoms with Gasteiger partial charge in [0, 0.05) is 57.7 Å². The van der Waals surface area contributed by atoms with Gasteiger partial charge in [0.1, 0.15) is 5.03 Å². The predicted octanol–water partition coefficient (Wildman–Crippen LogP) is 4.99. The normalized spacial score (nSPS) is 16.7. The number of nitrogens with zero attached hydrogens (tertiary/aromatic N) is 5. The Hall–Kier alpha value is -3.38. The quantitative estimate of drug-likeness (QED) is 0.353. The molecule has 8 heteroatoms. The van der Waals surface area contributed by atoms with Crippen LogP contribution in [0.15, 0.2) is 71.9 Å². The van der Waals surface area contributed by atoms with Gasteiger partial charge < -0.3 is 14.5 Å². The minimum Gasteiger partial charge on any atom is -0.372 e. The number of thioether (sulfide) groups is 1. The van der Waals surface area contributed by atoms with E-state index in [9.17, 15) is 4.79 Å². The minimum absolute atomic E-state index is 0.0547. The lowest BCUT2D eigenvalue weighted by Crippen LogP contribution is -2.49. The van der Waals surface area contributed by atoms with E-state index in [2.05, 4.69) is 45.1 Å². The molecule has 0 N–H and O–H groups in total. The van der Waals surface area contributed by atoms with E-state index >= 15 is 0 Å². The van der Waals surface area contributed by atoms with Crippen LogP contribution in [0.25, 0.3) is 0 Å². The molecular formula is C31H35N5O2S. The molecule has 0 aliphatic carbocycles. The molecule has 2 fully saturated rings. The molecule has 2 aliphatic rings.